The van der Waals surface area contributed by atoms with Crippen LogP contribution in [0.5, 0.6) is 5.88 Å². The third kappa shape index (κ3) is 5.08. The molecular formula is C16H15ClF3N3O3S. The van der Waals surface area contributed by atoms with Crippen molar-refractivity contribution >= 4 is 21.6 Å². The van der Waals surface area contributed by atoms with Crippen molar-refractivity contribution in [3.05, 3.63) is 52.9 Å². The van der Waals surface area contributed by atoms with Crippen molar-refractivity contribution in [2.75, 3.05) is 19.7 Å². The Kier molecular flexibility index (Phi) is 5.59. The molecule has 146 valence electrons. The highest BCUT2D eigenvalue weighted by molar-refractivity contribution is 7.88. The number of halogens is 4. The Morgan fingerprint density at radius 2 is 1.85 bits per heavy atom. The molecule has 6 nitrogen and oxygen atoms in total. The molecule has 1 aliphatic rings. The quantitative estimate of drug-likeness (QED) is 0.717. The van der Waals surface area contributed by atoms with Crippen LogP contribution >= 0.6 is 11.6 Å². The molecule has 1 aliphatic heterocycles. The van der Waals surface area contributed by atoms with Gasteiger partial charge in [0.05, 0.1) is 30.3 Å². The summed E-state index contributed by atoms with van der Waals surface area (Å²) in [4.78, 5) is 7.75. The molecule has 2 aromatic rings. The van der Waals surface area contributed by atoms with Crippen LogP contribution < -0.4 is 4.74 Å². The standard InChI is InChI=1S/C16H15ClF3N3O3S/c17-14-5-21-6-15(22-14)26-9-12-7-23(8-12)27(24,25)10-11-1-3-13(4-2-11)16(18,19)20/h1-6,12H,7-10H2. The van der Waals surface area contributed by atoms with E-state index >= 15 is 0 Å². The van der Waals surface area contributed by atoms with Crippen LogP contribution in [0.25, 0.3) is 0 Å². The molecule has 0 N–H and O–H groups in total. The van der Waals surface area contributed by atoms with Crippen LogP contribution in [0.4, 0.5) is 13.2 Å². The minimum atomic E-state index is -4.45. The Bertz CT molecular complexity index is 901. The van der Waals surface area contributed by atoms with E-state index in [0.717, 1.165) is 12.1 Å². The van der Waals surface area contributed by atoms with Gasteiger partial charge in [0.2, 0.25) is 15.9 Å². The van der Waals surface area contributed by atoms with Crippen LogP contribution in [0.15, 0.2) is 36.7 Å². The van der Waals surface area contributed by atoms with E-state index in [9.17, 15) is 21.6 Å². The van der Waals surface area contributed by atoms with Gasteiger partial charge in [-0.05, 0) is 17.7 Å². The SMILES string of the molecule is O=S(=O)(Cc1ccc(C(F)(F)F)cc1)N1CC(COc2cncc(Cl)n2)C1. The maximum atomic E-state index is 12.6. The average molecular weight is 422 g/mol. The van der Waals surface area contributed by atoms with Gasteiger partial charge in [-0.2, -0.15) is 18.2 Å². The number of benzene rings is 1. The van der Waals surface area contributed by atoms with E-state index in [-0.39, 0.29) is 42.4 Å². The number of hydrogen-bond donors (Lipinski definition) is 0. The molecule has 11 heteroatoms. The van der Waals surface area contributed by atoms with Gasteiger partial charge in [0.25, 0.3) is 0 Å². The largest absolute Gasteiger partial charge is 0.476 e. The number of rotatable bonds is 6. The fourth-order valence-corrected chi connectivity index (χ4v) is 4.36. The normalized spacial score (nSPS) is 16.1. The van der Waals surface area contributed by atoms with Crippen molar-refractivity contribution in [1.82, 2.24) is 14.3 Å². The summed E-state index contributed by atoms with van der Waals surface area (Å²) < 4.78 is 69.1. The van der Waals surface area contributed by atoms with Crippen molar-refractivity contribution in [3.8, 4) is 5.88 Å². The molecule has 0 saturated carbocycles. The van der Waals surface area contributed by atoms with E-state index < -0.39 is 21.8 Å². The molecule has 0 spiro atoms. The van der Waals surface area contributed by atoms with Crippen LogP contribution in [0.3, 0.4) is 0 Å². The molecule has 0 unspecified atom stereocenters. The summed E-state index contributed by atoms with van der Waals surface area (Å²) in [5, 5.41) is 0.196. The fraction of sp³-hybridized carbons (Fsp3) is 0.375. The third-order valence-electron chi connectivity index (χ3n) is 4.00. The van der Waals surface area contributed by atoms with Crippen molar-refractivity contribution in [2.24, 2.45) is 5.92 Å². The molecule has 1 aromatic carbocycles. The zero-order valence-electron chi connectivity index (χ0n) is 13.9. The van der Waals surface area contributed by atoms with Gasteiger partial charge >= 0.3 is 6.18 Å². The Hall–Kier alpha value is -1.91. The summed E-state index contributed by atoms with van der Waals surface area (Å²) in [6.07, 6.45) is -1.67. The minimum Gasteiger partial charge on any atom is -0.476 e. The van der Waals surface area contributed by atoms with Gasteiger partial charge in [0.15, 0.2) is 5.15 Å². The van der Waals surface area contributed by atoms with E-state index in [2.05, 4.69) is 9.97 Å². The monoisotopic (exact) mass is 421 g/mol. The summed E-state index contributed by atoms with van der Waals surface area (Å²) in [6, 6.07) is 4.12. The number of alkyl halides is 3. The van der Waals surface area contributed by atoms with Gasteiger partial charge in [-0.3, -0.25) is 4.98 Å². The van der Waals surface area contributed by atoms with Crippen LogP contribution in [-0.2, 0) is 22.0 Å². The lowest BCUT2D eigenvalue weighted by molar-refractivity contribution is -0.137. The van der Waals surface area contributed by atoms with Gasteiger partial charge < -0.3 is 4.74 Å². The predicted molar refractivity (Wildman–Crippen MR) is 91.7 cm³/mol. The van der Waals surface area contributed by atoms with Gasteiger partial charge in [-0.15, -0.1) is 0 Å². The second-order valence-corrected chi connectivity index (χ2v) is 8.48. The van der Waals surface area contributed by atoms with Crippen molar-refractivity contribution in [2.45, 2.75) is 11.9 Å². The smallest absolute Gasteiger partial charge is 0.416 e. The molecule has 0 bridgehead atoms. The summed E-state index contributed by atoms with van der Waals surface area (Å²) in [6.45, 7) is 0.815. The summed E-state index contributed by atoms with van der Waals surface area (Å²) in [5.41, 5.74) is -0.508. The van der Waals surface area contributed by atoms with E-state index in [1.54, 1.807) is 0 Å². The zero-order chi connectivity index (χ0) is 19.7. The molecule has 1 aromatic heterocycles. The van der Waals surface area contributed by atoms with Crippen LogP contribution in [0, 0.1) is 5.92 Å². The molecular weight excluding hydrogens is 407 g/mol. The van der Waals surface area contributed by atoms with E-state index in [0.29, 0.717) is 5.56 Å². The Balaban J connectivity index is 1.50. The molecule has 0 aliphatic carbocycles. The summed E-state index contributed by atoms with van der Waals surface area (Å²) in [7, 11) is -3.60. The highest BCUT2D eigenvalue weighted by Crippen LogP contribution is 2.30. The fourth-order valence-electron chi connectivity index (χ4n) is 2.55. The molecule has 0 amide bonds. The van der Waals surface area contributed by atoms with Crippen molar-refractivity contribution < 1.29 is 26.3 Å². The Labute approximate surface area is 159 Å². The molecule has 0 atom stereocenters. The molecule has 2 heterocycles. The third-order valence-corrected chi connectivity index (χ3v) is 5.96. The Morgan fingerprint density at radius 1 is 1.19 bits per heavy atom. The number of hydrogen-bond acceptors (Lipinski definition) is 5. The summed E-state index contributed by atoms with van der Waals surface area (Å²) in [5.74, 6) is -0.0971. The Morgan fingerprint density at radius 3 is 2.44 bits per heavy atom. The first-order valence-corrected chi connectivity index (χ1v) is 9.86. The molecule has 1 fully saturated rings. The van der Waals surface area contributed by atoms with E-state index in [4.69, 9.17) is 16.3 Å². The first-order chi connectivity index (χ1) is 12.6. The molecule has 27 heavy (non-hydrogen) atoms. The number of nitrogens with zero attached hydrogens (tertiary/aromatic N) is 3. The molecule has 1 saturated heterocycles. The van der Waals surface area contributed by atoms with Gasteiger partial charge in [-0.25, -0.2) is 12.7 Å². The molecule has 0 radical (unpaired) electrons. The lowest BCUT2D eigenvalue weighted by Crippen LogP contribution is -2.52. The zero-order valence-corrected chi connectivity index (χ0v) is 15.4. The summed E-state index contributed by atoms with van der Waals surface area (Å²) >= 11 is 5.70. The molecule has 3 rings (SSSR count). The minimum absolute atomic E-state index is 0.00633. The lowest BCUT2D eigenvalue weighted by Gasteiger charge is -2.37. The average Bonchev–Trinajstić information content (AvgIpc) is 2.52. The van der Waals surface area contributed by atoms with Crippen molar-refractivity contribution in [3.63, 3.8) is 0 Å². The predicted octanol–water partition coefficient (Wildman–Crippen LogP) is 2.99. The van der Waals surface area contributed by atoms with Crippen LogP contribution in [0.2, 0.25) is 5.15 Å². The highest BCUT2D eigenvalue weighted by atomic mass is 35.5. The van der Waals surface area contributed by atoms with Gasteiger partial charge in [-0.1, -0.05) is 23.7 Å². The topological polar surface area (TPSA) is 72.4 Å². The first-order valence-electron chi connectivity index (χ1n) is 7.88. The van der Waals surface area contributed by atoms with E-state index in [1.807, 2.05) is 0 Å². The lowest BCUT2D eigenvalue weighted by atomic mass is 10.1. The number of aromatic nitrogens is 2. The van der Waals surface area contributed by atoms with Gasteiger partial charge in [0, 0.05) is 19.0 Å². The number of ether oxygens (including phenoxy) is 1. The second kappa shape index (κ2) is 7.61. The van der Waals surface area contributed by atoms with Crippen LogP contribution in [-0.4, -0.2) is 42.4 Å². The van der Waals surface area contributed by atoms with Crippen LogP contribution in [0.1, 0.15) is 11.1 Å². The van der Waals surface area contributed by atoms with Gasteiger partial charge in [0.1, 0.15) is 0 Å². The van der Waals surface area contributed by atoms with Crippen molar-refractivity contribution in [1.29, 1.82) is 0 Å². The number of sulfonamides is 1. The second-order valence-electron chi connectivity index (χ2n) is 6.12. The maximum Gasteiger partial charge on any atom is 0.416 e. The maximum absolute atomic E-state index is 12.6. The highest BCUT2D eigenvalue weighted by Gasteiger charge is 2.36. The van der Waals surface area contributed by atoms with E-state index in [1.165, 1.54) is 28.8 Å². The first kappa shape index (κ1) is 19.8.